The predicted molar refractivity (Wildman–Crippen MR) is 54.6 cm³/mol. The molecule has 0 aromatic carbocycles. The van der Waals surface area contributed by atoms with Crippen LogP contribution in [-0.4, -0.2) is 40.6 Å². The molecule has 1 atom stereocenters. The Morgan fingerprint density at radius 1 is 1.50 bits per heavy atom. The highest BCUT2D eigenvalue weighted by molar-refractivity contribution is 5.78. The average molecular weight is 200 g/mol. The maximum Gasteiger partial charge on any atom is 0.224 e. The van der Waals surface area contributed by atoms with E-state index in [9.17, 15) is 9.90 Å². The Hall–Kier alpha value is -0.610. The van der Waals surface area contributed by atoms with Gasteiger partial charge in [0.05, 0.1) is 13.1 Å². The molecule has 0 spiro atoms. The largest absolute Gasteiger partial charge is 0.386 e. The highest BCUT2D eigenvalue weighted by Crippen LogP contribution is 2.28. The molecule has 0 saturated carbocycles. The van der Waals surface area contributed by atoms with E-state index in [4.69, 9.17) is 5.73 Å². The molecule has 3 N–H and O–H groups in total. The molecule has 1 fully saturated rings. The number of carbonyl (C=O) groups excluding carboxylic acids is 1. The summed E-state index contributed by atoms with van der Waals surface area (Å²) in [5, 5.41) is 9.92. The Balaban J connectivity index is 2.37. The Morgan fingerprint density at radius 2 is 2.00 bits per heavy atom. The van der Waals surface area contributed by atoms with E-state index in [1.165, 1.54) is 0 Å². The van der Waals surface area contributed by atoms with Gasteiger partial charge in [0.15, 0.2) is 0 Å². The third kappa shape index (κ3) is 2.25. The molecular formula is C10H20N2O2. The minimum Gasteiger partial charge on any atom is -0.386 e. The second kappa shape index (κ2) is 3.87. The standard InChI is InChI=1S/C10H20N2O2/c1-7(2)10(14)5-12(6-10)9(13)4-8(3)11/h7-8,14H,4-6,11H2,1-3H3. The molecule has 1 heterocycles. The zero-order chi connectivity index (χ0) is 10.9. The zero-order valence-corrected chi connectivity index (χ0v) is 9.16. The van der Waals surface area contributed by atoms with Gasteiger partial charge in [-0.3, -0.25) is 4.79 Å². The maximum absolute atomic E-state index is 11.5. The number of hydrogen-bond acceptors (Lipinski definition) is 3. The highest BCUT2D eigenvalue weighted by atomic mass is 16.3. The molecule has 0 aliphatic carbocycles. The van der Waals surface area contributed by atoms with Crippen LogP contribution in [-0.2, 0) is 4.79 Å². The van der Waals surface area contributed by atoms with Crippen LogP contribution in [0.15, 0.2) is 0 Å². The first-order valence-corrected chi connectivity index (χ1v) is 5.11. The molecule has 0 aromatic rings. The van der Waals surface area contributed by atoms with Gasteiger partial charge in [-0.15, -0.1) is 0 Å². The van der Waals surface area contributed by atoms with E-state index in [-0.39, 0.29) is 17.9 Å². The first-order chi connectivity index (χ1) is 6.35. The fourth-order valence-corrected chi connectivity index (χ4v) is 1.56. The van der Waals surface area contributed by atoms with Crippen LogP contribution in [0.25, 0.3) is 0 Å². The lowest BCUT2D eigenvalue weighted by Crippen LogP contribution is -2.66. The van der Waals surface area contributed by atoms with E-state index >= 15 is 0 Å². The summed E-state index contributed by atoms with van der Waals surface area (Å²) in [6.45, 7) is 6.65. The lowest BCUT2D eigenvalue weighted by atomic mass is 9.83. The zero-order valence-electron chi connectivity index (χ0n) is 9.16. The smallest absolute Gasteiger partial charge is 0.224 e. The average Bonchev–Trinajstić information content (AvgIpc) is 1.96. The molecular weight excluding hydrogens is 180 g/mol. The predicted octanol–water partition coefficient (Wildman–Crippen LogP) is -0.0470. The fraction of sp³-hybridized carbons (Fsp3) is 0.900. The van der Waals surface area contributed by atoms with Crippen LogP contribution in [0, 0.1) is 5.92 Å². The normalized spacial score (nSPS) is 22.0. The number of carbonyl (C=O) groups is 1. The van der Waals surface area contributed by atoms with Gasteiger partial charge in [-0.05, 0) is 12.8 Å². The number of nitrogens with two attached hydrogens (primary N) is 1. The number of aliphatic hydroxyl groups is 1. The highest BCUT2D eigenvalue weighted by Gasteiger charge is 2.45. The van der Waals surface area contributed by atoms with Crippen molar-refractivity contribution in [2.75, 3.05) is 13.1 Å². The second-order valence-corrected chi connectivity index (χ2v) is 4.69. The van der Waals surface area contributed by atoms with E-state index in [1.54, 1.807) is 4.90 Å². The van der Waals surface area contributed by atoms with Crippen molar-refractivity contribution < 1.29 is 9.90 Å². The molecule has 14 heavy (non-hydrogen) atoms. The van der Waals surface area contributed by atoms with Crippen LogP contribution < -0.4 is 5.73 Å². The van der Waals surface area contributed by atoms with Crippen LogP contribution in [0.1, 0.15) is 27.2 Å². The third-order valence-corrected chi connectivity index (χ3v) is 2.85. The number of amides is 1. The molecule has 1 unspecified atom stereocenters. The van der Waals surface area contributed by atoms with Gasteiger partial charge in [0, 0.05) is 12.5 Å². The Labute approximate surface area is 85.1 Å². The van der Waals surface area contributed by atoms with Gasteiger partial charge in [-0.25, -0.2) is 0 Å². The number of likely N-dealkylation sites (tertiary alicyclic amines) is 1. The van der Waals surface area contributed by atoms with Crippen molar-refractivity contribution in [3.8, 4) is 0 Å². The lowest BCUT2D eigenvalue weighted by Gasteiger charge is -2.49. The lowest BCUT2D eigenvalue weighted by molar-refractivity contribution is -0.164. The van der Waals surface area contributed by atoms with Gasteiger partial charge >= 0.3 is 0 Å². The van der Waals surface area contributed by atoms with Gasteiger partial charge in [-0.2, -0.15) is 0 Å². The molecule has 4 heteroatoms. The van der Waals surface area contributed by atoms with Gasteiger partial charge < -0.3 is 15.7 Å². The van der Waals surface area contributed by atoms with Gasteiger partial charge in [0.2, 0.25) is 5.91 Å². The number of hydrogen-bond donors (Lipinski definition) is 2. The molecule has 0 bridgehead atoms. The van der Waals surface area contributed by atoms with E-state index < -0.39 is 5.60 Å². The number of nitrogens with zero attached hydrogens (tertiary/aromatic N) is 1. The topological polar surface area (TPSA) is 66.6 Å². The number of rotatable bonds is 3. The van der Waals surface area contributed by atoms with Crippen LogP contribution in [0.3, 0.4) is 0 Å². The van der Waals surface area contributed by atoms with Crippen molar-refractivity contribution in [3.05, 3.63) is 0 Å². The minimum atomic E-state index is -0.673. The second-order valence-electron chi connectivity index (χ2n) is 4.69. The quantitative estimate of drug-likeness (QED) is 0.671. The molecule has 1 rings (SSSR count). The molecule has 1 amide bonds. The molecule has 0 radical (unpaired) electrons. The molecule has 1 aliphatic rings. The molecule has 82 valence electrons. The van der Waals surface area contributed by atoms with Crippen LogP contribution in [0.4, 0.5) is 0 Å². The van der Waals surface area contributed by atoms with E-state index in [0.29, 0.717) is 19.5 Å². The van der Waals surface area contributed by atoms with Gasteiger partial charge in [0.1, 0.15) is 5.60 Å². The Bertz CT molecular complexity index is 220. The molecule has 1 saturated heterocycles. The van der Waals surface area contributed by atoms with Crippen molar-refractivity contribution in [2.24, 2.45) is 11.7 Å². The van der Waals surface area contributed by atoms with Crippen LogP contribution >= 0.6 is 0 Å². The molecule has 0 aromatic heterocycles. The first-order valence-electron chi connectivity index (χ1n) is 5.11. The Kier molecular flexibility index (Phi) is 3.17. The third-order valence-electron chi connectivity index (χ3n) is 2.85. The first kappa shape index (κ1) is 11.5. The van der Waals surface area contributed by atoms with E-state index in [0.717, 1.165) is 0 Å². The van der Waals surface area contributed by atoms with Gasteiger partial charge in [0.25, 0.3) is 0 Å². The summed E-state index contributed by atoms with van der Waals surface area (Å²) in [5.74, 6) is 0.243. The summed E-state index contributed by atoms with van der Waals surface area (Å²) in [5.41, 5.74) is 4.85. The van der Waals surface area contributed by atoms with Crippen molar-refractivity contribution in [3.63, 3.8) is 0 Å². The van der Waals surface area contributed by atoms with Gasteiger partial charge in [-0.1, -0.05) is 13.8 Å². The van der Waals surface area contributed by atoms with Crippen LogP contribution in [0.5, 0.6) is 0 Å². The monoisotopic (exact) mass is 200 g/mol. The van der Waals surface area contributed by atoms with Crippen molar-refractivity contribution in [2.45, 2.75) is 38.8 Å². The summed E-state index contributed by atoms with van der Waals surface area (Å²) in [7, 11) is 0. The summed E-state index contributed by atoms with van der Waals surface area (Å²) in [6, 6.07) is -0.102. The summed E-state index contributed by atoms with van der Waals surface area (Å²) in [4.78, 5) is 13.2. The fourth-order valence-electron chi connectivity index (χ4n) is 1.56. The summed E-state index contributed by atoms with van der Waals surface area (Å²) < 4.78 is 0. The molecule has 1 aliphatic heterocycles. The Morgan fingerprint density at radius 3 is 2.36 bits per heavy atom. The molecule has 4 nitrogen and oxygen atoms in total. The summed E-state index contributed by atoms with van der Waals surface area (Å²) in [6.07, 6.45) is 0.369. The SMILES string of the molecule is CC(N)CC(=O)N1CC(O)(C(C)C)C1. The minimum absolute atomic E-state index is 0.0466. The van der Waals surface area contributed by atoms with E-state index in [2.05, 4.69) is 0 Å². The van der Waals surface area contributed by atoms with E-state index in [1.807, 2.05) is 20.8 Å². The van der Waals surface area contributed by atoms with Crippen molar-refractivity contribution >= 4 is 5.91 Å². The van der Waals surface area contributed by atoms with Crippen molar-refractivity contribution in [1.29, 1.82) is 0 Å². The summed E-state index contributed by atoms with van der Waals surface area (Å²) >= 11 is 0. The maximum atomic E-state index is 11.5. The van der Waals surface area contributed by atoms with Crippen molar-refractivity contribution in [1.82, 2.24) is 4.90 Å². The van der Waals surface area contributed by atoms with Crippen LogP contribution in [0.2, 0.25) is 0 Å². The number of β-amino-alcohol motifs (C(OH)–C–C–N with tert-alkyl or cyclic N) is 1.